The van der Waals surface area contributed by atoms with E-state index in [1.54, 1.807) is 24.3 Å². The molecule has 0 aliphatic carbocycles. The van der Waals surface area contributed by atoms with Crippen molar-refractivity contribution in [2.45, 2.75) is 32.3 Å². The highest BCUT2D eigenvalue weighted by Crippen LogP contribution is 2.07. The van der Waals surface area contributed by atoms with E-state index in [2.05, 4.69) is 5.32 Å². The number of Topliss-reactive ketones (excluding diaryl/α,β-unsaturated/α-hetero) is 1. The van der Waals surface area contributed by atoms with Crippen molar-refractivity contribution in [3.8, 4) is 0 Å². The number of esters is 1. The van der Waals surface area contributed by atoms with Crippen molar-refractivity contribution in [3.05, 3.63) is 71.8 Å². The predicted octanol–water partition coefficient (Wildman–Crippen LogP) is 2.94. The molecule has 2 aromatic rings. The van der Waals surface area contributed by atoms with Gasteiger partial charge in [0.25, 0.3) is 5.91 Å². The maximum atomic E-state index is 12.0. The zero-order chi connectivity index (χ0) is 18.8. The van der Waals surface area contributed by atoms with Gasteiger partial charge in [-0.25, -0.2) is 0 Å². The van der Waals surface area contributed by atoms with Crippen LogP contribution < -0.4 is 5.32 Å². The van der Waals surface area contributed by atoms with E-state index in [9.17, 15) is 14.4 Å². The monoisotopic (exact) mass is 353 g/mol. The van der Waals surface area contributed by atoms with Crippen molar-refractivity contribution >= 4 is 17.7 Å². The molecule has 136 valence electrons. The van der Waals surface area contributed by atoms with Crippen LogP contribution >= 0.6 is 0 Å². The Hall–Kier alpha value is -2.95. The van der Waals surface area contributed by atoms with Crippen LogP contribution in [0.2, 0.25) is 0 Å². The van der Waals surface area contributed by atoms with Gasteiger partial charge < -0.3 is 10.1 Å². The van der Waals surface area contributed by atoms with Crippen molar-refractivity contribution < 1.29 is 19.1 Å². The molecule has 0 fully saturated rings. The van der Waals surface area contributed by atoms with E-state index in [0.717, 1.165) is 5.56 Å². The molecule has 0 aromatic heterocycles. The molecule has 5 nitrogen and oxygen atoms in total. The van der Waals surface area contributed by atoms with Crippen LogP contribution in [-0.2, 0) is 20.7 Å². The SMILES string of the molecule is CC(OC(=O)CCC(=O)c1ccccc1)C(=O)NCCc1ccccc1. The Morgan fingerprint density at radius 2 is 1.54 bits per heavy atom. The number of ether oxygens (including phenoxy) is 1. The first kappa shape index (κ1) is 19.4. The van der Waals surface area contributed by atoms with Gasteiger partial charge in [0.2, 0.25) is 0 Å². The molecular formula is C21H23NO4. The van der Waals surface area contributed by atoms with E-state index in [1.165, 1.54) is 6.92 Å². The topological polar surface area (TPSA) is 72.5 Å². The maximum absolute atomic E-state index is 12.0. The number of benzene rings is 2. The van der Waals surface area contributed by atoms with Gasteiger partial charge in [0, 0.05) is 18.5 Å². The molecule has 2 aromatic carbocycles. The van der Waals surface area contributed by atoms with Gasteiger partial charge in [-0.3, -0.25) is 14.4 Å². The fourth-order valence-corrected chi connectivity index (χ4v) is 2.41. The summed E-state index contributed by atoms with van der Waals surface area (Å²) in [6.45, 7) is 1.99. The Morgan fingerprint density at radius 1 is 0.923 bits per heavy atom. The summed E-state index contributed by atoms with van der Waals surface area (Å²) in [6.07, 6.45) is -0.163. The van der Waals surface area contributed by atoms with Crippen LogP contribution in [0.4, 0.5) is 0 Å². The van der Waals surface area contributed by atoms with E-state index in [-0.39, 0.29) is 24.5 Å². The van der Waals surface area contributed by atoms with Gasteiger partial charge in [0.15, 0.2) is 11.9 Å². The number of hydrogen-bond acceptors (Lipinski definition) is 4. The number of rotatable bonds is 9. The number of ketones is 1. The van der Waals surface area contributed by atoms with Gasteiger partial charge in [-0.15, -0.1) is 0 Å². The highest BCUT2D eigenvalue weighted by Gasteiger charge is 2.18. The minimum Gasteiger partial charge on any atom is -0.453 e. The summed E-state index contributed by atoms with van der Waals surface area (Å²) in [6, 6.07) is 18.6. The molecule has 1 amide bonds. The van der Waals surface area contributed by atoms with E-state index in [0.29, 0.717) is 18.5 Å². The van der Waals surface area contributed by atoms with Gasteiger partial charge >= 0.3 is 5.97 Å². The highest BCUT2D eigenvalue weighted by molar-refractivity contribution is 5.97. The lowest BCUT2D eigenvalue weighted by molar-refractivity contribution is -0.154. The maximum Gasteiger partial charge on any atom is 0.307 e. The molecular weight excluding hydrogens is 330 g/mol. The minimum absolute atomic E-state index is 0.0463. The Morgan fingerprint density at radius 3 is 2.19 bits per heavy atom. The minimum atomic E-state index is -0.884. The van der Waals surface area contributed by atoms with Crippen LogP contribution in [0.25, 0.3) is 0 Å². The Bertz CT molecular complexity index is 728. The lowest BCUT2D eigenvalue weighted by atomic mass is 10.1. The lowest BCUT2D eigenvalue weighted by Crippen LogP contribution is -2.36. The molecule has 26 heavy (non-hydrogen) atoms. The average molecular weight is 353 g/mol. The summed E-state index contributed by atoms with van der Waals surface area (Å²) >= 11 is 0. The van der Waals surface area contributed by atoms with Gasteiger partial charge in [0.1, 0.15) is 0 Å². The standard InChI is InChI=1S/C21H23NO4/c1-16(21(25)22-15-14-17-8-4-2-5-9-17)26-20(24)13-12-19(23)18-10-6-3-7-11-18/h2-11,16H,12-15H2,1H3,(H,22,25). The molecule has 0 saturated carbocycles. The molecule has 0 radical (unpaired) electrons. The lowest BCUT2D eigenvalue weighted by Gasteiger charge is -2.13. The second-order valence-electron chi connectivity index (χ2n) is 5.95. The Balaban J connectivity index is 1.67. The summed E-state index contributed by atoms with van der Waals surface area (Å²) in [4.78, 5) is 35.8. The Kier molecular flexibility index (Phi) is 7.55. The smallest absolute Gasteiger partial charge is 0.307 e. The molecule has 1 unspecified atom stereocenters. The van der Waals surface area contributed by atoms with Gasteiger partial charge in [-0.1, -0.05) is 60.7 Å². The second kappa shape index (κ2) is 10.1. The van der Waals surface area contributed by atoms with Crippen molar-refractivity contribution in [1.82, 2.24) is 5.32 Å². The van der Waals surface area contributed by atoms with Crippen molar-refractivity contribution in [1.29, 1.82) is 0 Å². The molecule has 0 aliphatic heterocycles. The first-order chi connectivity index (χ1) is 12.6. The third-order valence-corrected chi connectivity index (χ3v) is 3.89. The van der Waals surface area contributed by atoms with Gasteiger partial charge in [-0.05, 0) is 18.9 Å². The third-order valence-electron chi connectivity index (χ3n) is 3.89. The highest BCUT2D eigenvalue weighted by atomic mass is 16.5. The fourth-order valence-electron chi connectivity index (χ4n) is 2.41. The molecule has 0 aliphatic rings. The van der Waals surface area contributed by atoms with E-state index in [4.69, 9.17) is 4.74 Å². The molecule has 1 N–H and O–H groups in total. The van der Waals surface area contributed by atoms with E-state index in [1.807, 2.05) is 36.4 Å². The normalized spacial score (nSPS) is 11.4. The molecule has 2 rings (SSSR count). The summed E-state index contributed by atoms with van der Waals surface area (Å²) in [5.41, 5.74) is 1.68. The zero-order valence-electron chi connectivity index (χ0n) is 14.8. The van der Waals surface area contributed by atoms with E-state index < -0.39 is 12.1 Å². The first-order valence-electron chi connectivity index (χ1n) is 8.65. The van der Waals surface area contributed by atoms with Crippen molar-refractivity contribution in [3.63, 3.8) is 0 Å². The molecule has 0 bridgehead atoms. The van der Waals surface area contributed by atoms with Crippen LogP contribution in [0.15, 0.2) is 60.7 Å². The first-order valence-corrected chi connectivity index (χ1v) is 8.65. The van der Waals surface area contributed by atoms with Crippen LogP contribution in [0.3, 0.4) is 0 Å². The van der Waals surface area contributed by atoms with Crippen LogP contribution in [0, 0.1) is 0 Å². The molecule has 0 saturated heterocycles. The second-order valence-corrected chi connectivity index (χ2v) is 5.95. The Labute approximate surface area is 153 Å². The van der Waals surface area contributed by atoms with Crippen LogP contribution in [0.5, 0.6) is 0 Å². The van der Waals surface area contributed by atoms with Gasteiger partial charge in [0.05, 0.1) is 6.42 Å². The van der Waals surface area contributed by atoms with Gasteiger partial charge in [-0.2, -0.15) is 0 Å². The summed E-state index contributed by atoms with van der Waals surface area (Å²) in [5, 5.41) is 2.74. The number of amides is 1. The van der Waals surface area contributed by atoms with Crippen LogP contribution in [-0.4, -0.2) is 30.3 Å². The molecule has 0 heterocycles. The number of carbonyl (C=O) groups is 3. The largest absolute Gasteiger partial charge is 0.453 e. The average Bonchev–Trinajstić information content (AvgIpc) is 2.67. The van der Waals surface area contributed by atoms with E-state index >= 15 is 0 Å². The summed E-state index contributed by atoms with van der Waals surface area (Å²) < 4.78 is 5.10. The number of nitrogens with one attached hydrogen (secondary N) is 1. The predicted molar refractivity (Wildman–Crippen MR) is 98.7 cm³/mol. The summed E-state index contributed by atoms with van der Waals surface area (Å²) in [7, 11) is 0. The van der Waals surface area contributed by atoms with Crippen molar-refractivity contribution in [2.24, 2.45) is 0 Å². The number of hydrogen-bond donors (Lipinski definition) is 1. The quantitative estimate of drug-likeness (QED) is 0.556. The summed E-state index contributed by atoms with van der Waals surface area (Å²) in [5.74, 6) is -1.02. The zero-order valence-corrected chi connectivity index (χ0v) is 14.8. The van der Waals surface area contributed by atoms with Crippen LogP contribution in [0.1, 0.15) is 35.7 Å². The van der Waals surface area contributed by atoms with Crippen molar-refractivity contribution in [2.75, 3.05) is 6.54 Å². The molecule has 0 spiro atoms. The molecule has 1 atom stereocenters. The molecule has 5 heteroatoms. The third kappa shape index (κ3) is 6.51. The number of carbonyl (C=O) groups excluding carboxylic acids is 3. The fraction of sp³-hybridized carbons (Fsp3) is 0.286.